The van der Waals surface area contributed by atoms with E-state index in [1.807, 2.05) is 53.7 Å². The van der Waals surface area contributed by atoms with Crippen molar-refractivity contribution in [1.29, 1.82) is 0 Å². The topological polar surface area (TPSA) is 33.2 Å². The van der Waals surface area contributed by atoms with Crippen LogP contribution in [-0.4, -0.2) is 45.6 Å². The van der Waals surface area contributed by atoms with Gasteiger partial charge in [0.25, 0.3) is 0 Å². The molecule has 1 heterocycles. The zero-order chi connectivity index (χ0) is 19.8. The molecule has 1 fully saturated rings. The Bertz CT molecular complexity index is 759. The second kappa shape index (κ2) is 11.3. The molecule has 1 aliphatic rings. The van der Waals surface area contributed by atoms with E-state index in [2.05, 4.69) is 45.2 Å². The molecule has 1 amide bonds. The van der Waals surface area contributed by atoms with Gasteiger partial charge in [-0.25, -0.2) is 0 Å². The number of hydrogen-bond donors (Lipinski definition) is 0. The average molecular weight is 480 g/mol. The van der Waals surface area contributed by atoms with E-state index in [1.54, 1.807) is 6.20 Å². The van der Waals surface area contributed by atoms with Crippen LogP contribution in [0, 0.1) is 0 Å². The number of benzene rings is 1. The number of likely N-dealkylation sites (N-methyl/N-ethyl adjacent to an activating group) is 1. The van der Waals surface area contributed by atoms with E-state index in [-0.39, 0.29) is 5.91 Å². The average Bonchev–Trinajstić information content (AvgIpc) is 2.73. The highest BCUT2D eigenvalue weighted by Crippen LogP contribution is 2.41. The van der Waals surface area contributed by atoms with Crippen LogP contribution in [0.25, 0.3) is 0 Å². The summed E-state index contributed by atoms with van der Waals surface area (Å²) in [7, 11) is 1.90. The molecule has 0 unspecified atom stereocenters. The third-order valence-corrected chi connectivity index (χ3v) is 9.04. The number of aromatic nitrogens is 1. The van der Waals surface area contributed by atoms with Crippen molar-refractivity contribution in [2.45, 2.75) is 47.5 Å². The fraction of sp³-hybridized carbons (Fsp3) is 0.455. The molecule has 6 heteroatoms. The number of amides is 1. The van der Waals surface area contributed by atoms with Gasteiger partial charge in [-0.2, -0.15) is 0 Å². The lowest BCUT2D eigenvalue weighted by Gasteiger charge is -2.31. The first-order chi connectivity index (χ1) is 13.6. The van der Waals surface area contributed by atoms with E-state index >= 15 is 0 Å². The summed E-state index contributed by atoms with van der Waals surface area (Å²) in [6.45, 7) is 0.718. The Morgan fingerprint density at radius 2 is 1.89 bits per heavy atom. The molecule has 0 saturated heterocycles. The second-order valence-corrected chi connectivity index (χ2v) is 10.5. The highest BCUT2D eigenvalue weighted by Gasteiger charge is 2.28. The van der Waals surface area contributed by atoms with Gasteiger partial charge in [-0.15, -0.1) is 23.5 Å². The predicted octanol–water partition coefficient (Wildman–Crippen LogP) is 5.68. The quantitative estimate of drug-likeness (QED) is 0.488. The molecular weight excluding hydrogens is 452 g/mol. The minimum absolute atomic E-state index is 0.219. The third-order valence-electron chi connectivity index (χ3n) is 5.03. The van der Waals surface area contributed by atoms with Crippen molar-refractivity contribution < 1.29 is 4.79 Å². The second-order valence-electron chi connectivity index (χ2n) is 7.11. The fourth-order valence-electron chi connectivity index (χ4n) is 3.33. The first kappa shape index (κ1) is 21.7. The van der Waals surface area contributed by atoms with Crippen LogP contribution in [0.1, 0.15) is 31.4 Å². The third kappa shape index (κ3) is 6.53. The van der Waals surface area contributed by atoms with E-state index in [0.29, 0.717) is 16.3 Å². The number of hydrogen-bond acceptors (Lipinski definition) is 4. The monoisotopic (exact) mass is 478 g/mol. The lowest BCUT2D eigenvalue weighted by molar-refractivity contribution is -0.127. The van der Waals surface area contributed by atoms with Crippen LogP contribution in [-0.2, 0) is 11.2 Å². The van der Waals surface area contributed by atoms with Gasteiger partial charge in [0.2, 0.25) is 5.91 Å². The van der Waals surface area contributed by atoms with Crippen LogP contribution in [0.2, 0.25) is 0 Å². The van der Waals surface area contributed by atoms with Crippen molar-refractivity contribution in [2.75, 3.05) is 19.3 Å². The molecule has 0 bridgehead atoms. The number of carbonyl (C=O) groups is 1. The fourth-order valence-corrected chi connectivity index (χ4v) is 6.80. The molecule has 1 aromatic heterocycles. The molecule has 0 N–H and O–H groups in total. The van der Waals surface area contributed by atoms with Gasteiger partial charge in [0.05, 0.1) is 5.75 Å². The van der Waals surface area contributed by atoms with E-state index in [9.17, 15) is 4.79 Å². The molecule has 28 heavy (non-hydrogen) atoms. The van der Waals surface area contributed by atoms with Gasteiger partial charge in [0, 0.05) is 51.8 Å². The molecule has 2 aromatic rings. The molecule has 3 nitrogen and oxygen atoms in total. The summed E-state index contributed by atoms with van der Waals surface area (Å²) in [4.78, 5) is 20.1. The van der Waals surface area contributed by atoms with Crippen molar-refractivity contribution in [3.05, 3.63) is 58.8 Å². The molecule has 1 saturated carbocycles. The maximum atomic E-state index is 12.6. The molecule has 2 atom stereocenters. The maximum Gasteiger partial charge on any atom is 0.232 e. The molecule has 150 valence electrons. The molecular formula is C22H27BrN2OS2. The highest BCUT2D eigenvalue weighted by molar-refractivity contribution is 9.10. The first-order valence-corrected chi connectivity index (χ1v) is 12.5. The Kier molecular flexibility index (Phi) is 8.74. The Labute approximate surface area is 185 Å². The van der Waals surface area contributed by atoms with E-state index in [4.69, 9.17) is 0 Å². The molecule has 0 spiro atoms. The number of thioether (sulfide) groups is 2. The SMILES string of the molecule is CN(CCc1ccccn1)C(=O)CS[C@@H]1CCCC[C@H]1Sc1ccccc1Br. The summed E-state index contributed by atoms with van der Waals surface area (Å²) in [6.07, 6.45) is 7.60. The highest BCUT2D eigenvalue weighted by atomic mass is 79.9. The van der Waals surface area contributed by atoms with E-state index in [1.165, 1.54) is 35.1 Å². The van der Waals surface area contributed by atoms with Crippen molar-refractivity contribution >= 4 is 45.4 Å². The largest absolute Gasteiger partial charge is 0.345 e. The van der Waals surface area contributed by atoms with Gasteiger partial charge in [-0.3, -0.25) is 9.78 Å². The zero-order valence-corrected chi connectivity index (χ0v) is 19.4. The lowest BCUT2D eigenvalue weighted by Crippen LogP contribution is -2.32. The Morgan fingerprint density at radius 1 is 1.14 bits per heavy atom. The van der Waals surface area contributed by atoms with Gasteiger partial charge in [-0.05, 0) is 53.0 Å². The van der Waals surface area contributed by atoms with E-state index < -0.39 is 0 Å². The smallest absolute Gasteiger partial charge is 0.232 e. The number of carbonyl (C=O) groups excluding carboxylic acids is 1. The van der Waals surface area contributed by atoms with Crippen molar-refractivity contribution in [2.24, 2.45) is 0 Å². The van der Waals surface area contributed by atoms with Crippen LogP contribution in [0.5, 0.6) is 0 Å². The van der Waals surface area contributed by atoms with Crippen LogP contribution in [0.15, 0.2) is 58.0 Å². The standard InChI is InChI=1S/C22H27BrN2OS2/c1-25(15-13-17-8-6-7-14-24-17)22(26)16-27-20-11-4-5-12-21(20)28-19-10-3-2-9-18(19)23/h2-3,6-10,14,20-21H,4-5,11-13,15-16H2,1H3/t20-,21-/m1/s1. The summed E-state index contributed by atoms with van der Waals surface area (Å²) in [5.41, 5.74) is 1.03. The normalized spacial score (nSPS) is 19.4. The molecule has 0 radical (unpaired) electrons. The number of rotatable bonds is 8. The number of halogens is 1. The Hall–Kier alpha value is -0.980. The van der Waals surface area contributed by atoms with Gasteiger partial charge in [-0.1, -0.05) is 31.0 Å². The van der Waals surface area contributed by atoms with Crippen molar-refractivity contribution in [3.8, 4) is 0 Å². The Morgan fingerprint density at radius 3 is 2.64 bits per heavy atom. The van der Waals surface area contributed by atoms with Gasteiger partial charge >= 0.3 is 0 Å². The van der Waals surface area contributed by atoms with Crippen LogP contribution >= 0.6 is 39.5 Å². The number of nitrogens with zero attached hydrogens (tertiary/aromatic N) is 2. The van der Waals surface area contributed by atoms with Crippen molar-refractivity contribution in [1.82, 2.24) is 9.88 Å². The molecule has 1 aliphatic carbocycles. The van der Waals surface area contributed by atoms with Gasteiger partial charge < -0.3 is 4.90 Å². The molecule has 0 aliphatic heterocycles. The summed E-state index contributed by atoms with van der Waals surface area (Å²) >= 11 is 7.48. The van der Waals surface area contributed by atoms with Crippen LogP contribution < -0.4 is 0 Å². The predicted molar refractivity (Wildman–Crippen MR) is 124 cm³/mol. The number of pyridine rings is 1. The first-order valence-electron chi connectivity index (χ1n) is 9.80. The maximum absolute atomic E-state index is 12.6. The Balaban J connectivity index is 1.48. The molecule has 3 rings (SSSR count). The molecule has 1 aromatic carbocycles. The zero-order valence-electron chi connectivity index (χ0n) is 16.2. The van der Waals surface area contributed by atoms with Gasteiger partial charge in [0.15, 0.2) is 0 Å². The summed E-state index contributed by atoms with van der Waals surface area (Å²) in [6, 6.07) is 14.4. The summed E-state index contributed by atoms with van der Waals surface area (Å²) in [5, 5.41) is 1.11. The van der Waals surface area contributed by atoms with Crippen LogP contribution in [0.4, 0.5) is 0 Å². The van der Waals surface area contributed by atoms with Gasteiger partial charge in [0.1, 0.15) is 0 Å². The minimum atomic E-state index is 0.219. The van der Waals surface area contributed by atoms with Crippen molar-refractivity contribution in [3.63, 3.8) is 0 Å². The lowest BCUT2D eigenvalue weighted by atomic mass is 10.00. The summed E-state index contributed by atoms with van der Waals surface area (Å²) < 4.78 is 1.17. The van der Waals surface area contributed by atoms with Crippen LogP contribution in [0.3, 0.4) is 0 Å². The summed E-state index contributed by atoms with van der Waals surface area (Å²) in [5.74, 6) is 0.785. The van der Waals surface area contributed by atoms with E-state index in [0.717, 1.165) is 18.7 Å². The minimum Gasteiger partial charge on any atom is -0.345 e.